The Bertz CT molecular complexity index is 216. The van der Waals surface area contributed by atoms with Crippen LogP contribution in [0.1, 0.15) is 39.0 Å². The van der Waals surface area contributed by atoms with Crippen LogP contribution in [0.3, 0.4) is 0 Å². The van der Waals surface area contributed by atoms with E-state index in [1.807, 2.05) is 11.8 Å². The third-order valence-electron chi connectivity index (χ3n) is 4.49. The van der Waals surface area contributed by atoms with E-state index >= 15 is 0 Å². The maximum atomic E-state index is 10.8. The summed E-state index contributed by atoms with van der Waals surface area (Å²) >= 11 is 1.88. The van der Waals surface area contributed by atoms with E-state index in [2.05, 4.69) is 6.92 Å². The molecule has 1 heterocycles. The zero-order valence-corrected chi connectivity index (χ0v) is 10.4. The predicted octanol–water partition coefficient (Wildman–Crippen LogP) is 2.04. The van der Waals surface area contributed by atoms with Crippen LogP contribution >= 0.6 is 11.8 Å². The number of aliphatic hydroxyl groups excluding tert-OH is 1. The molecule has 0 amide bonds. The maximum Gasteiger partial charge on any atom is 0.0734 e. The van der Waals surface area contributed by atoms with Crippen molar-refractivity contribution in [1.82, 2.24) is 0 Å². The first-order chi connectivity index (χ1) is 7.12. The molecule has 1 atom stereocenters. The van der Waals surface area contributed by atoms with E-state index in [4.69, 9.17) is 0 Å². The molecule has 1 aliphatic heterocycles. The summed E-state index contributed by atoms with van der Waals surface area (Å²) < 4.78 is 0. The summed E-state index contributed by atoms with van der Waals surface area (Å²) in [7, 11) is 0. The molecule has 0 bridgehead atoms. The van der Waals surface area contributed by atoms with Crippen molar-refractivity contribution >= 4 is 11.8 Å². The molecule has 0 spiro atoms. The lowest BCUT2D eigenvalue weighted by Crippen LogP contribution is -2.52. The van der Waals surface area contributed by atoms with E-state index in [0.29, 0.717) is 0 Å². The summed E-state index contributed by atoms with van der Waals surface area (Å²) in [6.07, 6.45) is 4.98. The molecule has 1 saturated carbocycles. The Morgan fingerprint density at radius 1 is 1.27 bits per heavy atom. The molecule has 2 fully saturated rings. The van der Waals surface area contributed by atoms with Crippen molar-refractivity contribution in [2.24, 2.45) is 11.3 Å². The van der Waals surface area contributed by atoms with Gasteiger partial charge in [-0.05, 0) is 43.8 Å². The van der Waals surface area contributed by atoms with Gasteiger partial charge in [-0.3, -0.25) is 0 Å². The van der Waals surface area contributed by atoms with Crippen LogP contribution in [0.2, 0.25) is 0 Å². The van der Waals surface area contributed by atoms with Gasteiger partial charge in [0.15, 0.2) is 0 Å². The average Bonchev–Trinajstić information content (AvgIpc) is 2.73. The van der Waals surface area contributed by atoms with Gasteiger partial charge in [-0.2, -0.15) is 11.8 Å². The summed E-state index contributed by atoms with van der Waals surface area (Å²) in [5.41, 5.74) is -0.782. The highest BCUT2D eigenvalue weighted by Crippen LogP contribution is 2.51. The summed E-state index contributed by atoms with van der Waals surface area (Å²) in [6.45, 7) is 2.42. The van der Waals surface area contributed by atoms with Gasteiger partial charge in [0.05, 0.1) is 12.2 Å². The number of hydrogen-bond acceptors (Lipinski definition) is 3. The lowest BCUT2D eigenvalue weighted by molar-refractivity contribution is -0.123. The molecule has 0 radical (unpaired) electrons. The van der Waals surface area contributed by atoms with Crippen LogP contribution < -0.4 is 0 Å². The van der Waals surface area contributed by atoms with Crippen molar-refractivity contribution in [3.8, 4) is 0 Å². The highest BCUT2D eigenvalue weighted by molar-refractivity contribution is 7.99. The fourth-order valence-corrected chi connectivity index (χ4v) is 4.59. The fraction of sp³-hybridized carbons (Fsp3) is 1.00. The molecule has 0 aromatic carbocycles. The SMILES string of the molecule is CC1CCC(O)(C2(CO)CCSC2)CC1. The molecular weight excluding hydrogens is 208 g/mol. The zero-order chi connectivity index (χ0) is 10.9. The molecule has 2 aliphatic rings. The molecule has 2 nitrogen and oxygen atoms in total. The highest BCUT2D eigenvalue weighted by Gasteiger charge is 2.52. The van der Waals surface area contributed by atoms with Crippen molar-refractivity contribution in [3.63, 3.8) is 0 Å². The molecule has 2 N–H and O–H groups in total. The number of hydrogen-bond donors (Lipinski definition) is 2. The Morgan fingerprint density at radius 2 is 1.93 bits per heavy atom. The van der Waals surface area contributed by atoms with Crippen molar-refractivity contribution in [3.05, 3.63) is 0 Å². The van der Waals surface area contributed by atoms with Crippen molar-refractivity contribution in [1.29, 1.82) is 0 Å². The van der Waals surface area contributed by atoms with E-state index in [1.54, 1.807) is 0 Å². The Hall–Kier alpha value is 0.270. The summed E-state index contributed by atoms with van der Waals surface area (Å²) in [6, 6.07) is 0. The zero-order valence-electron chi connectivity index (χ0n) is 9.54. The van der Waals surface area contributed by atoms with Gasteiger partial charge in [-0.15, -0.1) is 0 Å². The monoisotopic (exact) mass is 230 g/mol. The first-order valence-electron chi connectivity index (χ1n) is 6.03. The Morgan fingerprint density at radius 3 is 2.40 bits per heavy atom. The lowest BCUT2D eigenvalue weighted by atomic mass is 9.63. The minimum atomic E-state index is -0.586. The summed E-state index contributed by atoms with van der Waals surface area (Å²) in [5, 5.41) is 20.4. The second kappa shape index (κ2) is 4.27. The normalized spacial score (nSPS) is 47.0. The molecule has 88 valence electrons. The third-order valence-corrected chi connectivity index (χ3v) is 5.74. The van der Waals surface area contributed by atoms with Gasteiger partial charge in [-0.25, -0.2) is 0 Å². The van der Waals surface area contributed by atoms with E-state index in [1.165, 1.54) is 0 Å². The maximum absolute atomic E-state index is 10.8. The van der Waals surface area contributed by atoms with E-state index in [0.717, 1.165) is 49.5 Å². The molecule has 3 heteroatoms. The highest BCUT2D eigenvalue weighted by atomic mass is 32.2. The molecular formula is C12H22O2S. The quantitative estimate of drug-likeness (QED) is 0.762. The minimum absolute atomic E-state index is 0.158. The topological polar surface area (TPSA) is 40.5 Å². The van der Waals surface area contributed by atoms with Crippen molar-refractivity contribution in [2.75, 3.05) is 18.1 Å². The van der Waals surface area contributed by atoms with Gasteiger partial charge in [0.25, 0.3) is 0 Å². The van der Waals surface area contributed by atoms with E-state index < -0.39 is 5.60 Å². The van der Waals surface area contributed by atoms with Crippen LogP contribution in [0.25, 0.3) is 0 Å². The van der Waals surface area contributed by atoms with Crippen LogP contribution in [0.15, 0.2) is 0 Å². The molecule has 15 heavy (non-hydrogen) atoms. The average molecular weight is 230 g/mol. The lowest BCUT2D eigenvalue weighted by Gasteiger charge is -2.47. The second-order valence-electron chi connectivity index (χ2n) is 5.46. The fourth-order valence-electron chi connectivity index (χ4n) is 3.02. The molecule has 0 aromatic heterocycles. The molecule has 1 saturated heterocycles. The van der Waals surface area contributed by atoms with Gasteiger partial charge in [0.1, 0.15) is 0 Å². The van der Waals surface area contributed by atoms with E-state index in [9.17, 15) is 10.2 Å². The van der Waals surface area contributed by atoms with Crippen LogP contribution in [-0.4, -0.2) is 33.9 Å². The van der Waals surface area contributed by atoms with Crippen molar-refractivity contribution in [2.45, 2.75) is 44.6 Å². The van der Waals surface area contributed by atoms with Gasteiger partial charge < -0.3 is 10.2 Å². The van der Waals surface area contributed by atoms with Crippen LogP contribution in [-0.2, 0) is 0 Å². The molecule has 2 rings (SSSR count). The Labute approximate surface area is 96.5 Å². The number of rotatable bonds is 2. The standard InChI is InChI=1S/C12H22O2S/c1-10-2-4-12(14,5-3-10)11(8-13)6-7-15-9-11/h10,13-14H,2-9H2,1H3. The van der Waals surface area contributed by atoms with Crippen LogP contribution in [0.4, 0.5) is 0 Å². The number of aliphatic hydroxyl groups is 2. The number of thioether (sulfide) groups is 1. The van der Waals surface area contributed by atoms with Crippen LogP contribution in [0.5, 0.6) is 0 Å². The first-order valence-corrected chi connectivity index (χ1v) is 7.18. The van der Waals surface area contributed by atoms with Gasteiger partial charge in [0, 0.05) is 11.2 Å². The van der Waals surface area contributed by atoms with Crippen molar-refractivity contribution < 1.29 is 10.2 Å². The van der Waals surface area contributed by atoms with Gasteiger partial charge in [-0.1, -0.05) is 6.92 Å². The molecule has 1 aliphatic carbocycles. The largest absolute Gasteiger partial charge is 0.396 e. The summed E-state index contributed by atoms with van der Waals surface area (Å²) in [5.74, 6) is 2.78. The van der Waals surface area contributed by atoms with Gasteiger partial charge in [0.2, 0.25) is 0 Å². The van der Waals surface area contributed by atoms with Crippen LogP contribution in [0, 0.1) is 11.3 Å². The minimum Gasteiger partial charge on any atom is -0.396 e. The van der Waals surface area contributed by atoms with Gasteiger partial charge >= 0.3 is 0 Å². The molecule has 0 aromatic rings. The third kappa shape index (κ3) is 1.94. The second-order valence-corrected chi connectivity index (χ2v) is 6.56. The van der Waals surface area contributed by atoms with E-state index in [-0.39, 0.29) is 12.0 Å². The summed E-state index contributed by atoms with van der Waals surface area (Å²) in [4.78, 5) is 0. The smallest absolute Gasteiger partial charge is 0.0734 e. The Balaban J connectivity index is 2.12. The Kier molecular flexibility index (Phi) is 3.34. The predicted molar refractivity (Wildman–Crippen MR) is 64.0 cm³/mol. The molecule has 1 unspecified atom stereocenters. The first kappa shape index (κ1) is 11.7.